The lowest BCUT2D eigenvalue weighted by Gasteiger charge is -2.17. The first-order valence-corrected chi connectivity index (χ1v) is 10.9. The van der Waals surface area contributed by atoms with Gasteiger partial charge in [-0.15, -0.1) is 0 Å². The molecule has 1 aliphatic rings. The molecule has 0 spiro atoms. The molecule has 0 aliphatic carbocycles. The predicted octanol–water partition coefficient (Wildman–Crippen LogP) is 5.14. The van der Waals surface area contributed by atoms with E-state index in [1.807, 2.05) is 54.6 Å². The molecule has 4 aromatic rings. The highest BCUT2D eigenvalue weighted by Crippen LogP contribution is 2.53. The summed E-state index contributed by atoms with van der Waals surface area (Å²) < 4.78 is 34.2. The lowest BCUT2D eigenvalue weighted by Crippen LogP contribution is -1.99. The summed E-state index contributed by atoms with van der Waals surface area (Å²) in [5.74, 6) is 3.32. The molecule has 0 amide bonds. The van der Waals surface area contributed by atoms with Crippen LogP contribution in [0.5, 0.6) is 34.5 Å². The van der Waals surface area contributed by atoms with Crippen LogP contribution in [-0.4, -0.2) is 38.3 Å². The van der Waals surface area contributed by atoms with Gasteiger partial charge in [-0.3, -0.25) is 0 Å². The van der Waals surface area contributed by atoms with Gasteiger partial charge in [-0.1, -0.05) is 36.4 Å². The monoisotopic (exact) mass is 472 g/mol. The van der Waals surface area contributed by atoms with Crippen LogP contribution in [0, 0.1) is 0 Å². The topological polar surface area (TPSA) is 81.2 Å². The molecule has 8 nitrogen and oxygen atoms in total. The Morgan fingerprint density at radius 2 is 1.46 bits per heavy atom. The summed E-state index contributed by atoms with van der Waals surface area (Å²) >= 11 is 0. The lowest BCUT2D eigenvalue weighted by atomic mass is 9.96. The molecule has 0 N–H and O–H groups in total. The minimum atomic E-state index is 0.0908. The largest absolute Gasteiger partial charge is 0.493 e. The van der Waals surface area contributed by atoms with Crippen molar-refractivity contribution in [3.8, 4) is 56.8 Å². The molecule has 178 valence electrons. The smallest absolute Gasteiger partial charge is 0.231 e. The van der Waals surface area contributed by atoms with Crippen molar-refractivity contribution in [2.24, 2.45) is 0 Å². The third-order valence-corrected chi connectivity index (χ3v) is 5.72. The number of fused-ring (bicyclic) bond motifs is 1. The van der Waals surface area contributed by atoms with E-state index < -0.39 is 0 Å². The third-order valence-electron chi connectivity index (χ3n) is 5.72. The Hall–Kier alpha value is -4.46. The van der Waals surface area contributed by atoms with Gasteiger partial charge in [-0.05, 0) is 29.3 Å². The molecule has 1 aromatic heterocycles. The zero-order valence-electron chi connectivity index (χ0n) is 19.6. The molecule has 0 fully saturated rings. The number of methoxy groups -OCH3 is 3. The first kappa shape index (κ1) is 22.3. The Bertz CT molecular complexity index is 1340. The minimum Gasteiger partial charge on any atom is -0.493 e. The highest BCUT2D eigenvalue weighted by molar-refractivity contribution is 5.89. The highest BCUT2D eigenvalue weighted by atomic mass is 16.7. The van der Waals surface area contributed by atoms with E-state index in [0.717, 1.165) is 27.8 Å². The van der Waals surface area contributed by atoms with E-state index >= 15 is 0 Å². The fraction of sp³-hybridized carbons (Fsp3) is 0.185. The van der Waals surface area contributed by atoms with Crippen molar-refractivity contribution >= 4 is 0 Å². The van der Waals surface area contributed by atoms with Crippen LogP contribution in [0.25, 0.3) is 22.3 Å². The number of hydrogen-bond acceptors (Lipinski definition) is 8. The summed E-state index contributed by atoms with van der Waals surface area (Å²) in [7, 11) is 4.79. The molecule has 5 rings (SSSR count). The van der Waals surface area contributed by atoms with Crippen LogP contribution < -0.4 is 28.4 Å². The van der Waals surface area contributed by atoms with Gasteiger partial charge in [0.15, 0.2) is 23.0 Å². The van der Waals surface area contributed by atoms with Crippen molar-refractivity contribution < 1.29 is 28.4 Å². The summed E-state index contributed by atoms with van der Waals surface area (Å²) in [4.78, 5) is 0. The van der Waals surface area contributed by atoms with E-state index in [-0.39, 0.29) is 6.79 Å². The van der Waals surface area contributed by atoms with Crippen molar-refractivity contribution in [2.75, 3.05) is 28.1 Å². The van der Waals surface area contributed by atoms with Crippen LogP contribution in [0.1, 0.15) is 5.56 Å². The maximum atomic E-state index is 6.12. The van der Waals surface area contributed by atoms with Crippen LogP contribution in [0.2, 0.25) is 0 Å². The summed E-state index contributed by atoms with van der Waals surface area (Å²) in [6, 6.07) is 17.6. The first-order valence-electron chi connectivity index (χ1n) is 10.9. The van der Waals surface area contributed by atoms with E-state index in [0.29, 0.717) is 41.1 Å². The average Bonchev–Trinajstić information content (AvgIpc) is 3.41. The zero-order valence-corrected chi connectivity index (χ0v) is 19.6. The number of hydrogen-bond donors (Lipinski definition) is 0. The van der Waals surface area contributed by atoms with E-state index in [1.54, 1.807) is 33.7 Å². The molecule has 1 aliphatic heterocycles. The van der Waals surface area contributed by atoms with Crippen molar-refractivity contribution in [1.82, 2.24) is 10.2 Å². The molecule has 0 bridgehead atoms. The van der Waals surface area contributed by atoms with Gasteiger partial charge in [-0.25, -0.2) is 0 Å². The van der Waals surface area contributed by atoms with E-state index in [4.69, 9.17) is 28.4 Å². The summed E-state index contributed by atoms with van der Waals surface area (Å²) in [6.45, 7) is 0.503. The number of ether oxygens (including phenoxy) is 6. The van der Waals surface area contributed by atoms with E-state index in [1.165, 1.54) is 0 Å². The Morgan fingerprint density at radius 3 is 2.20 bits per heavy atom. The lowest BCUT2D eigenvalue weighted by molar-refractivity contribution is 0.168. The summed E-state index contributed by atoms with van der Waals surface area (Å²) in [5.41, 5.74) is 4.28. The molecule has 8 heteroatoms. The van der Waals surface area contributed by atoms with Gasteiger partial charge >= 0.3 is 0 Å². The van der Waals surface area contributed by atoms with E-state index in [9.17, 15) is 0 Å². The van der Waals surface area contributed by atoms with Crippen LogP contribution in [0.15, 0.2) is 67.0 Å². The standard InChI is InChI=1S/C27H24N2O6/c1-30-22-10-9-18(11-23(22)33-15-17-7-5-4-6-8-17)20-13-28-29-14-21(20)19-12-24(31-2)26-27(25(19)32-3)35-16-34-26/h4-14H,15-16H2,1-3H3. The average molecular weight is 472 g/mol. The first-order chi connectivity index (χ1) is 17.2. The SMILES string of the molecule is COc1ccc(-c2cnncc2-c2cc(OC)c3c(c2OC)OCO3)cc1OCc1ccccc1. The van der Waals surface area contributed by atoms with Crippen molar-refractivity contribution in [3.63, 3.8) is 0 Å². The number of rotatable bonds is 8. The molecular formula is C27H24N2O6. The molecule has 0 radical (unpaired) electrons. The van der Waals surface area contributed by atoms with Gasteiger partial charge in [0, 0.05) is 16.7 Å². The summed E-state index contributed by atoms with van der Waals surface area (Å²) in [6.07, 6.45) is 3.39. The molecule has 0 atom stereocenters. The second-order valence-electron chi connectivity index (χ2n) is 7.68. The molecule has 2 heterocycles. The predicted molar refractivity (Wildman–Crippen MR) is 129 cm³/mol. The number of nitrogens with zero attached hydrogens (tertiary/aromatic N) is 2. The third kappa shape index (κ3) is 4.26. The maximum Gasteiger partial charge on any atom is 0.231 e. The molecule has 0 saturated carbocycles. The van der Waals surface area contributed by atoms with Crippen LogP contribution in [0.4, 0.5) is 0 Å². The molecule has 35 heavy (non-hydrogen) atoms. The van der Waals surface area contributed by atoms with Gasteiger partial charge in [0.2, 0.25) is 18.3 Å². The molecular weight excluding hydrogens is 448 g/mol. The number of benzene rings is 3. The second kappa shape index (κ2) is 9.80. The van der Waals surface area contributed by atoms with Crippen LogP contribution >= 0.6 is 0 Å². The molecule has 0 unspecified atom stereocenters. The highest BCUT2D eigenvalue weighted by Gasteiger charge is 2.28. The van der Waals surface area contributed by atoms with Crippen LogP contribution in [0.3, 0.4) is 0 Å². The fourth-order valence-corrected chi connectivity index (χ4v) is 4.03. The quantitative estimate of drug-likeness (QED) is 0.349. The zero-order chi connectivity index (χ0) is 24.2. The Labute approximate surface area is 203 Å². The minimum absolute atomic E-state index is 0.0908. The van der Waals surface area contributed by atoms with Gasteiger partial charge in [-0.2, -0.15) is 10.2 Å². The van der Waals surface area contributed by atoms with Crippen LogP contribution in [-0.2, 0) is 6.61 Å². The van der Waals surface area contributed by atoms with Gasteiger partial charge < -0.3 is 28.4 Å². The fourth-order valence-electron chi connectivity index (χ4n) is 4.03. The van der Waals surface area contributed by atoms with Crippen molar-refractivity contribution in [1.29, 1.82) is 0 Å². The second-order valence-corrected chi connectivity index (χ2v) is 7.68. The van der Waals surface area contributed by atoms with Gasteiger partial charge in [0.25, 0.3) is 0 Å². The van der Waals surface area contributed by atoms with Crippen molar-refractivity contribution in [3.05, 3.63) is 72.6 Å². The maximum absolute atomic E-state index is 6.12. The normalized spacial score (nSPS) is 11.7. The summed E-state index contributed by atoms with van der Waals surface area (Å²) in [5, 5.41) is 8.26. The molecule has 3 aromatic carbocycles. The number of aromatic nitrogens is 2. The van der Waals surface area contributed by atoms with Gasteiger partial charge in [0.1, 0.15) is 6.61 Å². The van der Waals surface area contributed by atoms with E-state index in [2.05, 4.69) is 10.2 Å². The Balaban J connectivity index is 1.59. The van der Waals surface area contributed by atoms with Crippen molar-refractivity contribution in [2.45, 2.75) is 6.61 Å². The van der Waals surface area contributed by atoms with Gasteiger partial charge in [0.05, 0.1) is 33.7 Å². The Kier molecular flexibility index (Phi) is 6.26. The Morgan fingerprint density at radius 1 is 0.714 bits per heavy atom. The molecule has 0 saturated heterocycles.